The van der Waals surface area contributed by atoms with Crippen molar-refractivity contribution < 1.29 is 0 Å². The van der Waals surface area contributed by atoms with Crippen molar-refractivity contribution in [2.75, 3.05) is 0 Å². The molecule has 2 heterocycles. The molecule has 3 heteroatoms. The Balaban J connectivity index is 0.00000182. The van der Waals surface area contributed by atoms with Gasteiger partial charge in [-0.1, -0.05) is 131 Å². The summed E-state index contributed by atoms with van der Waals surface area (Å²) in [5.74, 6) is 0. The van der Waals surface area contributed by atoms with Gasteiger partial charge in [0.15, 0.2) is 0 Å². The van der Waals surface area contributed by atoms with Gasteiger partial charge in [-0.25, -0.2) is 4.98 Å². The average Bonchev–Trinajstić information content (AvgIpc) is 3.51. The number of allylic oxidation sites excluding steroid dienone is 1. The summed E-state index contributed by atoms with van der Waals surface area (Å²) in [7, 11) is 0. The Kier molecular flexibility index (Phi) is 9.05. The molecule has 0 N–H and O–H groups in total. The van der Waals surface area contributed by atoms with Crippen LogP contribution in [0.15, 0.2) is 116 Å². The molecule has 0 atom stereocenters. The van der Waals surface area contributed by atoms with Crippen molar-refractivity contribution >= 4 is 60.8 Å². The van der Waals surface area contributed by atoms with Crippen LogP contribution < -0.4 is 0 Å². The van der Waals surface area contributed by atoms with E-state index >= 15 is 0 Å². The van der Waals surface area contributed by atoms with Gasteiger partial charge in [0.05, 0.1) is 22.9 Å². The van der Waals surface area contributed by atoms with Gasteiger partial charge in [-0.2, -0.15) is 0 Å². The van der Waals surface area contributed by atoms with Gasteiger partial charge in [0.1, 0.15) is 0 Å². The average molecular weight is 615 g/mol. The molecule has 0 radical (unpaired) electrons. The highest BCUT2D eigenvalue weighted by Crippen LogP contribution is 2.41. The summed E-state index contributed by atoms with van der Waals surface area (Å²) in [4.78, 5) is 10.2. The second-order valence-electron chi connectivity index (χ2n) is 10.9. The molecule has 0 aliphatic rings. The zero-order valence-corrected chi connectivity index (χ0v) is 27.8. The van der Waals surface area contributed by atoms with Crippen molar-refractivity contribution in [3.8, 4) is 33.5 Å². The van der Waals surface area contributed by atoms with Crippen LogP contribution in [0.1, 0.15) is 49.9 Å². The van der Waals surface area contributed by atoms with E-state index in [0.29, 0.717) is 0 Å². The highest BCUT2D eigenvalue weighted by Gasteiger charge is 2.17. The van der Waals surface area contributed by atoms with Gasteiger partial charge in [0.25, 0.3) is 0 Å². The maximum Gasteiger partial charge on any atom is 0.0975 e. The van der Waals surface area contributed by atoms with Gasteiger partial charge < -0.3 is 0 Å². The number of thiophene rings is 1. The number of hydrogen-bond donors (Lipinski definition) is 0. The second-order valence-corrected chi connectivity index (χ2v) is 11.9. The Hall–Kier alpha value is -5.12. The fourth-order valence-corrected chi connectivity index (χ4v) is 7.58. The van der Waals surface area contributed by atoms with Crippen molar-refractivity contribution in [1.29, 1.82) is 0 Å². The van der Waals surface area contributed by atoms with Crippen LogP contribution in [0.25, 0.3) is 82.9 Å². The first-order valence-corrected chi connectivity index (χ1v) is 16.8. The molecule has 0 saturated carbocycles. The van der Waals surface area contributed by atoms with Crippen LogP contribution in [0.3, 0.4) is 0 Å². The fourth-order valence-electron chi connectivity index (χ4n) is 6.34. The lowest BCUT2D eigenvalue weighted by atomic mass is 9.91. The van der Waals surface area contributed by atoms with E-state index in [1.807, 2.05) is 50.5 Å². The zero-order chi connectivity index (χ0) is 32.2. The standard InChI is InChI=1S/C41H32N2S.C2H6/c1-5-14-34-30(6-2)31(7-3)39-40(32(34)8-4)43-37(25-42-39)29-18-12-16-27(24-29)26-15-11-17-28(23-26)33-20-13-21-36-35-19-9-10-22-38(35)44-41(33)36;1-2/h5-6,8-25H,2,4,7H2,1,3H3;1-2H3/b14-5-;. The van der Waals surface area contributed by atoms with Gasteiger partial charge in [-0.3, -0.25) is 4.98 Å². The van der Waals surface area contributed by atoms with Crippen LogP contribution in [-0.4, -0.2) is 9.97 Å². The van der Waals surface area contributed by atoms with Gasteiger partial charge in [0.2, 0.25) is 0 Å². The maximum absolute atomic E-state index is 5.20. The van der Waals surface area contributed by atoms with E-state index < -0.39 is 0 Å². The number of nitrogens with zero attached hydrogens (tertiary/aromatic N) is 2. The van der Waals surface area contributed by atoms with Crippen LogP contribution in [-0.2, 0) is 6.42 Å². The second kappa shape index (κ2) is 13.5. The quantitative estimate of drug-likeness (QED) is 0.178. The monoisotopic (exact) mass is 614 g/mol. The molecule has 0 saturated heterocycles. The molecular formula is C43H38N2S. The molecule has 226 valence electrons. The minimum atomic E-state index is 0.841. The zero-order valence-electron chi connectivity index (χ0n) is 27.0. The van der Waals surface area contributed by atoms with Crippen LogP contribution >= 0.6 is 11.3 Å². The first-order valence-electron chi connectivity index (χ1n) is 16.0. The molecule has 0 bridgehead atoms. The summed E-state index contributed by atoms with van der Waals surface area (Å²) in [5, 5.41) is 2.63. The molecule has 0 fully saturated rings. The molecule has 2 nitrogen and oxygen atoms in total. The third kappa shape index (κ3) is 5.37. The van der Waals surface area contributed by atoms with Crippen LogP contribution in [0.2, 0.25) is 0 Å². The number of aromatic nitrogens is 2. The number of rotatable bonds is 7. The summed E-state index contributed by atoms with van der Waals surface area (Å²) >= 11 is 1.87. The van der Waals surface area contributed by atoms with Crippen molar-refractivity contribution in [2.45, 2.75) is 34.1 Å². The Morgan fingerprint density at radius 2 is 1.35 bits per heavy atom. The number of fused-ring (bicyclic) bond motifs is 4. The topological polar surface area (TPSA) is 25.8 Å². The molecule has 0 spiro atoms. The van der Waals surface area contributed by atoms with Crippen molar-refractivity contribution in [1.82, 2.24) is 9.97 Å². The van der Waals surface area contributed by atoms with Crippen LogP contribution in [0.4, 0.5) is 0 Å². The first kappa shape index (κ1) is 30.9. The highest BCUT2D eigenvalue weighted by atomic mass is 32.1. The Morgan fingerprint density at radius 3 is 2.07 bits per heavy atom. The van der Waals surface area contributed by atoms with Gasteiger partial charge >= 0.3 is 0 Å². The molecule has 2 aromatic heterocycles. The molecule has 46 heavy (non-hydrogen) atoms. The molecule has 5 aromatic carbocycles. The van der Waals surface area contributed by atoms with E-state index in [1.165, 1.54) is 36.9 Å². The normalized spacial score (nSPS) is 11.2. The Bertz CT molecular complexity index is 2270. The highest BCUT2D eigenvalue weighted by molar-refractivity contribution is 7.26. The SMILES string of the molecule is C=Cc1c(/C=C\C)c(C=C)c2nc(-c3cccc(-c4cccc(-c5cccc6c5sc5ccccc56)c4)c3)cnc2c1CC.CC. The fraction of sp³-hybridized carbons (Fsp3) is 0.116. The Morgan fingerprint density at radius 1 is 0.696 bits per heavy atom. The molecular weight excluding hydrogens is 577 g/mol. The molecule has 7 aromatic rings. The smallest absolute Gasteiger partial charge is 0.0975 e. The van der Waals surface area contributed by atoms with Crippen molar-refractivity contribution in [3.63, 3.8) is 0 Å². The lowest BCUT2D eigenvalue weighted by Gasteiger charge is -2.16. The molecule has 7 rings (SSSR count). The van der Waals surface area contributed by atoms with E-state index in [0.717, 1.165) is 56.5 Å². The lowest BCUT2D eigenvalue weighted by Crippen LogP contribution is -2.01. The third-order valence-corrected chi connectivity index (χ3v) is 9.60. The van der Waals surface area contributed by atoms with Crippen LogP contribution in [0, 0.1) is 0 Å². The predicted molar refractivity (Wildman–Crippen MR) is 204 cm³/mol. The summed E-state index contributed by atoms with van der Waals surface area (Å²) in [6, 6.07) is 32.8. The summed E-state index contributed by atoms with van der Waals surface area (Å²) in [6.07, 6.45) is 10.7. The maximum atomic E-state index is 5.20. The third-order valence-electron chi connectivity index (χ3n) is 8.38. The molecule has 0 aliphatic carbocycles. The number of hydrogen-bond acceptors (Lipinski definition) is 3. The van der Waals surface area contributed by atoms with E-state index in [-0.39, 0.29) is 0 Å². The minimum absolute atomic E-state index is 0.841. The van der Waals surface area contributed by atoms with Gasteiger partial charge in [0, 0.05) is 31.3 Å². The number of benzene rings is 5. The van der Waals surface area contributed by atoms with Crippen molar-refractivity contribution in [3.05, 3.63) is 139 Å². The van der Waals surface area contributed by atoms with E-state index in [2.05, 4.69) is 123 Å². The van der Waals surface area contributed by atoms with Crippen LogP contribution in [0.5, 0.6) is 0 Å². The van der Waals surface area contributed by atoms with Gasteiger partial charge in [-0.15, -0.1) is 11.3 Å². The molecule has 0 aliphatic heterocycles. The summed E-state index contributed by atoms with van der Waals surface area (Å²) in [6.45, 7) is 16.4. The van der Waals surface area contributed by atoms with E-state index in [4.69, 9.17) is 9.97 Å². The van der Waals surface area contributed by atoms with Gasteiger partial charge in [-0.05, 0) is 70.5 Å². The number of aryl methyl sites for hydroxylation is 1. The molecule has 0 amide bonds. The predicted octanol–water partition coefficient (Wildman–Crippen LogP) is 12.9. The minimum Gasteiger partial charge on any atom is -0.252 e. The summed E-state index contributed by atoms with van der Waals surface area (Å²) in [5.41, 5.74) is 12.8. The van der Waals surface area contributed by atoms with E-state index in [1.54, 1.807) is 0 Å². The lowest BCUT2D eigenvalue weighted by molar-refractivity contribution is 1.13. The van der Waals surface area contributed by atoms with E-state index in [9.17, 15) is 0 Å². The first-order chi connectivity index (χ1) is 22.6. The largest absolute Gasteiger partial charge is 0.252 e. The van der Waals surface area contributed by atoms with Crippen molar-refractivity contribution in [2.24, 2.45) is 0 Å². The molecule has 0 unspecified atom stereocenters. The summed E-state index contributed by atoms with van der Waals surface area (Å²) < 4.78 is 2.65. The Labute approximate surface area is 276 Å².